The van der Waals surface area contributed by atoms with E-state index in [1.807, 2.05) is 11.9 Å². The van der Waals surface area contributed by atoms with Crippen LogP contribution in [0.15, 0.2) is 48.5 Å². The number of pyridine rings is 1. The average Bonchev–Trinajstić information content (AvgIpc) is 3.47. The summed E-state index contributed by atoms with van der Waals surface area (Å²) in [5, 5.41) is 10.6. The third kappa shape index (κ3) is 7.46. The summed E-state index contributed by atoms with van der Waals surface area (Å²) in [4.78, 5) is 36.3. The Kier molecular flexibility index (Phi) is 9.97. The van der Waals surface area contributed by atoms with Crippen molar-refractivity contribution in [2.45, 2.75) is 31.7 Å². The molecule has 16 heteroatoms. The maximum Gasteiger partial charge on any atom is 0.471 e. The molecule has 2 saturated heterocycles. The predicted molar refractivity (Wildman–Crippen MR) is 176 cm³/mol. The number of aromatic nitrogens is 3. The van der Waals surface area contributed by atoms with Gasteiger partial charge in [-0.2, -0.15) is 18.3 Å². The molecule has 6 rings (SSSR count). The molecular formula is C32H32Cl2F3N7O4. The Morgan fingerprint density at radius 2 is 1.81 bits per heavy atom. The van der Waals surface area contributed by atoms with Crippen molar-refractivity contribution in [2.24, 2.45) is 0 Å². The van der Waals surface area contributed by atoms with Gasteiger partial charge in [0.2, 0.25) is 5.88 Å². The van der Waals surface area contributed by atoms with Crippen molar-refractivity contribution in [1.82, 2.24) is 20.1 Å². The van der Waals surface area contributed by atoms with E-state index in [1.54, 1.807) is 36.4 Å². The summed E-state index contributed by atoms with van der Waals surface area (Å²) in [7, 11) is 1.99. The Morgan fingerprint density at radius 1 is 1.06 bits per heavy atom. The van der Waals surface area contributed by atoms with Crippen molar-refractivity contribution in [3.63, 3.8) is 0 Å². The van der Waals surface area contributed by atoms with E-state index in [9.17, 15) is 22.8 Å². The van der Waals surface area contributed by atoms with Gasteiger partial charge in [0, 0.05) is 72.8 Å². The molecule has 48 heavy (non-hydrogen) atoms. The van der Waals surface area contributed by atoms with Gasteiger partial charge < -0.3 is 29.5 Å². The highest BCUT2D eigenvalue weighted by Crippen LogP contribution is 2.35. The number of H-pyrrole nitrogens is 1. The van der Waals surface area contributed by atoms with E-state index >= 15 is 0 Å². The van der Waals surface area contributed by atoms with E-state index in [-0.39, 0.29) is 61.1 Å². The quantitative estimate of drug-likeness (QED) is 0.232. The standard InChI is InChI=1S/C32H32Cl2F3N7O4/c1-42-10-12-43(13-11-42)22-3-4-23(26(17-22)44(31(46)32(35,36)37)21-8-14-47-15-9-21)30(45)39-29-28-25(40-41-29)6-7-27(38-28)48-18-19-16-20(33)2-5-24(19)34/h2-7,16-17,21H,8-15,18H2,1H3,(H2,39,40,41,45). The van der Waals surface area contributed by atoms with Gasteiger partial charge in [-0.3, -0.25) is 14.7 Å². The molecule has 2 aliphatic heterocycles. The molecule has 2 amide bonds. The first kappa shape index (κ1) is 33.8. The van der Waals surface area contributed by atoms with Crippen LogP contribution in [0, 0.1) is 0 Å². The largest absolute Gasteiger partial charge is 0.473 e. The molecule has 0 atom stereocenters. The Labute approximate surface area is 283 Å². The third-order valence-corrected chi connectivity index (χ3v) is 8.97. The Hall–Kier alpha value is -4.11. The number of anilines is 3. The molecule has 0 spiro atoms. The third-order valence-electron chi connectivity index (χ3n) is 8.37. The van der Waals surface area contributed by atoms with Crippen LogP contribution in [0.3, 0.4) is 0 Å². The van der Waals surface area contributed by atoms with E-state index in [1.165, 1.54) is 12.1 Å². The molecule has 2 N–H and O–H groups in total. The van der Waals surface area contributed by atoms with Gasteiger partial charge in [-0.15, -0.1) is 0 Å². The van der Waals surface area contributed by atoms with Gasteiger partial charge in [-0.25, -0.2) is 4.98 Å². The Morgan fingerprint density at radius 3 is 2.54 bits per heavy atom. The molecule has 11 nitrogen and oxygen atoms in total. The second-order valence-corrected chi connectivity index (χ2v) is 12.4. The van der Waals surface area contributed by atoms with Gasteiger partial charge in [0.25, 0.3) is 5.91 Å². The summed E-state index contributed by atoms with van der Waals surface area (Å²) in [6, 6.07) is 12.0. The molecule has 0 aliphatic carbocycles. The SMILES string of the molecule is CN1CCN(c2ccc(C(=O)Nc3n[nH]c4ccc(OCc5cc(Cl)ccc5Cl)nc34)c(N(C(=O)C(F)(F)F)C3CCOCC3)c2)CC1. The fraction of sp³-hybridized carbons (Fsp3) is 0.375. The number of rotatable bonds is 8. The lowest BCUT2D eigenvalue weighted by Crippen LogP contribution is -2.50. The number of piperazine rings is 1. The zero-order chi connectivity index (χ0) is 34.0. The summed E-state index contributed by atoms with van der Waals surface area (Å²) in [5.74, 6) is -2.59. The first-order valence-corrected chi connectivity index (χ1v) is 16.0. The number of benzene rings is 2. The van der Waals surface area contributed by atoms with Crippen LogP contribution >= 0.6 is 23.2 Å². The minimum absolute atomic E-state index is 0.0232. The van der Waals surface area contributed by atoms with Crippen LogP contribution < -0.4 is 19.9 Å². The molecule has 0 bridgehead atoms. The van der Waals surface area contributed by atoms with Crippen LogP contribution in [0.2, 0.25) is 10.0 Å². The number of nitrogens with zero attached hydrogens (tertiary/aromatic N) is 5. The number of nitrogens with one attached hydrogen (secondary N) is 2. The Balaban J connectivity index is 1.33. The molecule has 2 aromatic heterocycles. The number of likely N-dealkylation sites (N-methyl/N-ethyl adjacent to an activating group) is 1. The van der Waals surface area contributed by atoms with Crippen molar-refractivity contribution in [1.29, 1.82) is 0 Å². The minimum Gasteiger partial charge on any atom is -0.473 e. The number of amides is 2. The lowest BCUT2D eigenvalue weighted by atomic mass is 10.0. The molecule has 2 fully saturated rings. The molecule has 254 valence electrons. The van der Waals surface area contributed by atoms with Crippen molar-refractivity contribution in [3.8, 4) is 5.88 Å². The molecule has 0 saturated carbocycles. The number of aromatic amines is 1. The topological polar surface area (TPSA) is 116 Å². The number of ether oxygens (including phenoxy) is 2. The van der Waals surface area contributed by atoms with Crippen LogP contribution in [0.5, 0.6) is 5.88 Å². The van der Waals surface area contributed by atoms with Gasteiger partial charge in [0.15, 0.2) is 5.82 Å². The van der Waals surface area contributed by atoms with Crippen LogP contribution in [-0.2, 0) is 16.1 Å². The van der Waals surface area contributed by atoms with Crippen molar-refractivity contribution in [2.75, 3.05) is 61.6 Å². The number of alkyl halides is 3. The minimum atomic E-state index is -5.18. The van der Waals surface area contributed by atoms with Crippen LogP contribution in [0.25, 0.3) is 11.0 Å². The predicted octanol–water partition coefficient (Wildman–Crippen LogP) is 5.92. The van der Waals surface area contributed by atoms with Crippen molar-refractivity contribution < 1.29 is 32.2 Å². The molecule has 0 unspecified atom stereocenters. The highest BCUT2D eigenvalue weighted by atomic mass is 35.5. The van der Waals surface area contributed by atoms with E-state index in [2.05, 4.69) is 25.4 Å². The maximum atomic E-state index is 14.1. The molecule has 4 heterocycles. The number of fused-ring (bicyclic) bond motifs is 1. The number of hydrogen-bond acceptors (Lipinski definition) is 8. The van der Waals surface area contributed by atoms with Crippen LogP contribution in [0.4, 0.5) is 30.4 Å². The molecule has 2 aliphatic rings. The molecule has 0 radical (unpaired) electrons. The first-order chi connectivity index (χ1) is 23.0. The lowest BCUT2D eigenvalue weighted by molar-refractivity contribution is -0.171. The second-order valence-electron chi connectivity index (χ2n) is 11.6. The molecular weight excluding hydrogens is 674 g/mol. The van der Waals surface area contributed by atoms with E-state index in [0.717, 1.165) is 13.1 Å². The van der Waals surface area contributed by atoms with Crippen LogP contribution in [-0.4, -0.2) is 90.6 Å². The van der Waals surface area contributed by atoms with Gasteiger partial charge in [0.1, 0.15) is 12.1 Å². The summed E-state index contributed by atoms with van der Waals surface area (Å²) < 4.78 is 53.5. The van der Waals surface area contributed by atoms with Crippen molar-refractivity contribution >= 4 is 63.2 Å². The number of carbonyl (C=O) groups excluding carboxylic acids is 2. The fourth-order valence-electron chi connectivity index (χ4n) is 5.75. The van der Waals surface area contributed by atoms with Crippen molar-refractivity contribution in [3.05, 3.63) is 69.7 Å². The molecule has 4 aromatic rings. The van der Waals surface area contributed by atoms with Gasteiger partial charge in [-0.05, 0) is 62.4 Å². The second kappa shape index (κ2) is 14.2. The first-order valence-electron chi connectivity index (χ1n) is 15.3. The van der Waals surface area contributed by atoms with E-state index < -0.39 is 24.0 Å². The maximum absolute atomic E-state index is 14.1. The molecule has 2 aromatic carbocycles. The normalized spacial score (nSPS) is 16.2. The summed E-state index contributed by atoms with van der Waals surface area (Å²) in [5.41, 5.74) is 1.70. The van der Waals surface area contributed by atoms with E-state index in [4.69, 9.17) is 32.7 Å². The Bertz CT molecular complexity index is 1810. The van der Waals surface area contributed by atoms with E-state index in [0.29, 0.717) is 44.8 Å². The lowest BCUT2D eigenvalue weighted by Gasteiger charge is -2.37. The van der Waals surface area contributed by atoms with Crippen LogP contribution in [0.1, 0.15) is 28.8 Å². The summed E-state index contributed by atoms with van der Waals surface area (Å²) in [6.45, 7) is 3.20. The smallest absolute Gasteiger partial charge is 0.471 e. The van der Waals surface area contributed by atoms with Gasteiger partial charge in [0.05, 0.1) is 16.8 Å². The monoisotopic (exact) mass is 705 g/mol. The van der Waals surface area contributed by atoms with Gasteiger partial charge >= 0.3 is 12.1 Å². The fourth-order valence-corrected chi connectivity index (χ4v) is 6.12. The zero-order valence-corrected chi connectivity index (χ0v) is 27.3. The number of carbonyl (C=O) groups is 2. The zero-order valence-electron chi connectivity index (χ0n) is 25.8. The van der Waals surface area contributed by atoms with Gasteiger partial charge in [-0.1, -0.05) is 23.2 Å². The highest BCUT2D eigenvalue weighted by Gasteiger charge is 2.46. The summed E-state index contributed by atoms with van der Waals surface area (Å²) >= 11 is 12.3. The number of hydrogen-bond donors (Lipinski definition) is 2. The average molecular weight is 707 g/mol. The number of halogens is 5. The highest BCUT2D eigenvalue weighted by molar-refractivity contribution is 6.33. The summed E-state index contributed by atoms with van der Waals surface area (Å²) in [6.07, 6.45) is -4.82.